The van der Waals surface area contributed by atoms with Crippen LogP contribution in [0.4, 0.5) is 5.69 Å². The Morgan fingerprint density at radius 2 is 1.49 bits per heavy atom. The van der Waals surface area contributed by atoms with Gasteiger partial charge < -0.3 is 14.6 Å². The summed E-state index contributed by atoms with van der Waals surface area (Å²) in [5.41, 5.74) is 3.49. The molecule has 0 heterocycles. The van der Waals surface area contributed by atoms with Crippen molar-refractivity contribution >= 4 is 48.0 Å². The van der Waals surface area contributed by atoms with Crippen molar-refractivity contribution in [2.45, 2.75) is 9.79 Å². The van der Waals surface area contributed by atoms with E-state index in [9.17, 15) is 31.0 Å². The average molecular weight is 578 g/mol. The largest absolute Gasteiger partial charge is 1.00 e. The summed E-state index contributed by atoms with van der Waals surface area (Å²) in [6.07, 6.45) is 7.32. The quantitative estimate of drug-likeness (QED) is 0.253. The molecule has 4 rings (SSSR count). The van der Waals surface area contributed by atoms with E-state index in [1.165, 1.54) is 6.07 Å². The van der Waals surface area contributed by atoms with Gasteiger partial charge in [0.05, 0.1) is 9.79 Å². The molecule has 1 aliphatic carbocycles. The van der Waals surface area contributed by atoms with Crippen LogP contribution in [0.15, 0.2) is 88.2 Å². The van der Waals surface area contributed by atoms with E-state index >= 15 is 0 Å². The summed E-state index contributed by atoms with van der Waals surface area (Å²) in [5.74, 6) is -0.754. The molecule has 39 heavy (non-hydrogen) atoms. The molecule has 2 N–H and O–H groups in total. The van der Waals surface area contributed by atoms with Crippen LogP contribution in [-0.2, 0) is 20.2 Å². The summed E-state index contributed by atoms with van der Waals surface area (Å²) in [6, 6.07) is 11.8. The number of benzene rings is 3. The molecule has 0 amide bonds. The molecule has 0 spiro atoms. The topological polar surface area (TPSA) is 138 Å². The van der Waals surface area contributed by atoms with Gasteiger partial charge in [-0.2, -0.15) is 8.42 Å². The number of aromatic hydroxyl groups is 1. The molecule has 0 unspecified atom stereocenters. The maximum Gasteiger partial charge on any atom is 1.00 e. The molecule has 1 aliphatic rings. The van der Waals surface area contributed by atoms with E-state index in [4.69, 9.17) is 0 Å². The van der Waals surface area contributed by atoms with E-state index in [-0.39, 0.29) is 45.9 Å². The van der Waals surface area contributed by atoms with Crippen LogP contribution in [0, 0.1) is 0 Å². The first kappa shape index (κ1) is 30.8. The Bertz CT molecular complexity index is 1780. The fraction of sp³-hybridized carbons (Fsp3) is 0.148. The second-order valence-electron chi connectivity index (χ2n) is 9.17. The summed E-state index contributed by atoms with van der Waals surface area (Å²) in [7, 11) is -2.26. The zero-order valence-corrected chi connectivity index (χ0v) is 25.7. The predicted octanol–water partition coefficient (Wildman–Crippen LogP) is 0.407. The molecule has 0 atom stereocenters. The van der Waals surface area contributed by atoms with Crippen LogP contribution in [-0.4, -0.2) is 69.5 Å². The number of anilines is 1. The van der Waals surface area contributed by atoms with Crippen LogP contribution in [0.3, 0.4) is 0 Å². The molecule has 0 radical (unpaired) electrons. The fourth-order valence-electron chi connectivity index (χ4n) is 4.26. The monoisotopic (exact) mass is 577 g/mol. The van der Waals surface area contributed by atoms with Crippen molar-refractivity contribution in [3.63, 3.8) is 0 Å². The van der Waals surface area contributed by atoms with Gasteiger partial charge >= 0.3 is 29.6 Å². The number of hydrogen-bond donors (Lipinski definition) is 2. The fourth-order valence-corrected chi connectivity index (χ4v) is 5.39. The number of phenolic OH excluding ortho intramolecular Hbond substituents is 1. The first-order valence-corrected chi connectivity index (χ1v) is 14.2. The van der Waals surface area contributed by atoms with Gasteiger partial charge in [-0.15, -0.1) is 0 Å². The minimum Gasteiger partial charge on any atom is -0.744 e. The van der Waals surface area contributed by atoms with Crippen molar-refractivity contribution in [1.82, 2.24) is 0 Å². The normalized spacial score (nSPS) is 13.4. The molecule has 0 aliphatic heterocycles. The summed E-state index contributed by atoms with van der Waals surface area (Å²) in [5, 5.41) is 11.6. The Kier molecular flexibility index (Phi) is 8.98. The summed E-state index contributed by atoms with van der Waals surface area (Å²) < 4.78 is 71.5. The van der Waals surface area contributed by atoms with Gasteiger partial charge in [-0.3, -0.25) is 4.55 Å². The van der Waals surface area contributed by atoms with E-state index < -0.39 is 35.8 Å². The third kappa shape index (κ3) is 6.36. The first-order valence-electron chi connectivity index (χ1n) is 11.3. The maximum absolute atomic E-state index is 12.2. The van der Waals surface area contributed by atoms with Crippen LogP contribution in [0.1, 0.15) is 11.1 Å². The number of fused-ring (bicyclic) bond motifs is 1. The van der Waals surface area contributed by atoms with Gasteiger partial charge in [0.1, 0.15) is 30.0 Å². The van der Waals surface area contributed by atoms with Crippen molar-refractivity contribution in [2.24, 2.45) is 0 Å². The molecular weight excluding hydrogens is 551 g/mol. The van der Waals surface area contributed by atoms with E-state index in [0.717, 1.165) is 29.6 Å². The molecule has 9 nitrogen and oxygen atoms in total. The Hall–Kier alpha value is -2.77. The zero-order valence-electron chi connectivity index (χ0n) is 22.1. The summed E-state index contributed by atoms with van der Waals surface area (Å²) >= 11 is 0. The van der Waals surface area contributed by atoms with Crippen molar-refractivity contribution < 1.29 is 65.2 Å². The molecule has 3 aromatic rings. The van der Waals surface area contributed by atoms with Gasteiger partial charge in [0.2, 0.25) is 0 Å². The predicted molar refractivity (Wildman–Crippen MR) is 146 cm³/mol. The van der Waals surface area contributed by atoms with Gasteiger partial charge in [-0.25, -0.2) is 13.0 Å². The van der Waals surface area contributed by atoms with Crippen LogP contribution in [0.25, 0.3) is 16.3 Å². The minimum absolute atomic E-state index is 0. The third-order valence-electron chi connectivity index (χ3n) is 6.21. The van der Waals surface area contributed by atoms with Crippen molar-refractivity contribution in [3.05, 3.63) is 89.5 Å². The number of hydrogen-bond acceptors (Lipinski definition) is 7. The molecule has 0 aromatic heterocycles. The second-order valence-corrected chi connectivity index (χ2v) is 11.9. The maximum atomic E-state index is 12.2. The van der Waals surface area contributed by atoms with Crippen molar-refractivity contribution in [3.8, 4) is 5.75 Å². The van der Waals surface area contributed by atoms with Gasteiger partial charge in [0, 0.05) is 43.1 Å². The second kappa shape index (κ2) is 11.4. The Morgan fingerprint density at radius 3 is 1.97 bits per heavy atom. The van der Waals surface area contributed by atoms with Crippen molar-refractivity contribution in [2.75, 3.05) is 33.1 Å². The molecule has 0 bridgehead atoms. The smallest absolute Gasteiger partial charge is 0.744 e. The molecule has 0 saturated heterocycles. The van der Waals surface area contributed by atoms with Crippen LogP contribution in [0.2, 0.25) is 0 Å². The summed E-state index contributed by atoms with van der Waals surface area (Å²) in [6.45, 7) is 0. The molecule has 3 aromatic carbocycles. The number of nitrogens with zero attached hydrogens (tertiary/aromatic N) is 2. The number of phenols is 1. The number of rotatable bonds is 5. The van der Waals surface area contributed by atoms with Crippen molar-refractivity contribution in [1.29, 1.82) is 0 Å². The molecule has 0 fully saturated rings. The molecular formula is C27H26N2NaO7S2+. The first-order chi connectivity index (χ1) is 17.7. The van der Waals surface area contributed by atoms with Crippen LogP contribution >= 0.6 is 0 Å². The Morgan fingerprint density at radius 1 is 0.897 bits per heavy atom. The van der Waals surface area contributed by atoms with Crippen LogP contribution in [0.5, 0.6) is 5.75 Å². The molecule has 0 saturated carbocycles. The SMILES string of the molecule is CN(C)c1ccc(C(=C2C=CC(=[N+](C)C)C=C2)c2c(O)c(S(=O)(=O)[O-])cc3cc(S(=O)(=O)O)ccc23)cc1.[Na+]. The molecule has 198 valence electrons. The third-order valence-corrected chi connectivity index (χ3v) is 7.91. The Labute approximate surface area is 249 Å². The van der Waals surface area contributed by atoms with Gasteiger partial charge in [-0.05, 0) is 64.4 Å². The van der Waals surface area contributed by atoms with E-state index in [2.05, 4.69) is 0 Å². The van der Waals surface area contributed by atoms with Crippen LogP contribution < -0.4 is 34.5 Å². The van der Waals surface area contributed by atoms with Gasteiger partial charge in [0.25, 0.3) is 10.1 Å². The zero-order chi connectivity index (χ0) is 28.0. The Balaban J connectivity index is 0.00000420. The molecule has 12 heteroatoms. The van der Waals surface area contributed by atoms with Gasteiger partial charge in [-0.1, -0.05) is 18.2 Å². The van der Waals surface area contributed by atoms with E-state index in [0.29, 0.717) is 16.7 Å². The van der Waals surface area contributed by atoms with E-state index in [1.807, 2.05) is 62.0 Å². The number of allylic oxidation sites excluding steroid dienone is 5. The minimum atomic E-state index is -5.17. The van der Waals surface area contributed by atoms with Gasteiger partial charge in [0.15, 0.2) is 5.71 Å². The standard InChI is InChI=1S/C27H26N2O7S2.Na/c1-28(2)20-9-5-17(6-10-20)25(18-7-11-21(12-8-18)29(3)4)26-23-14-13-22(37(31,32)33)15-19(23)16-24(27(26)30)38(34,35)36;/h5-16H,1-4H3,(H2,31,32,33,34,35,36);/q;+1. The van der Waals surface area contributed by atoms with E-state index in [1.54, 1.807) is 24.3 Å². The summed E-state index contributed by atoms with van der Waals surface area (Å²) in [4.78, 5) is 0.520. The average Bonchev–Trinajstić information content (AvgIpc) is 2.84.